The van der Waals surface area contributed by atoms with Crippen LogP contribution in [-0.4, -0.2) is 64.3 Å². The van der Waals surface area contributed by atoms with Gasteiger partial charge in [0.15, 0.2) is 5.65 Å². The van der Waals surface area contributed by atoms with E-state index in [0.717, 1.165) is 0 Å². The number of ether oxygens (including phenoxy) is 1. The van der Waals surface area contributed by atoms with Crippen molar-refractivity contribution in [3.8, 4) is 0 Å². The molecule has 0 bridgehead atoms. The largest absolute Gasteiger partial charge is 0.394 e. The van der Waals surface area contributed by atoms with Crippen molar-refractivity contribution in [1.82, 2.24) is 34.7 Å². The normalized spacial score (nSPS) is 12.8. The summed E-state index contributed by atoms with van der Waals surface area (Å²) in [5, 5.41) is 30.2. The highest BCUT2D eigenvalue weighted by molar-refractivity contribution is 5.72. The molecule has 0 aliphatic heterocycles. The average Bonchev–Trinajstić information content (AvgIpc) is 3.16. The lowest BCUT2D eigenvalue weighted by Crippen LogP contribution is -2.20. The number of H-pyrrole nitrogens is 1. The second-order valence-corrected chi connectivity index (χ2v) is 4.86. The van der Waals surface area contributed by atoms with E-state index < -0.39 is 6.10 Å². The molecule has 0 unspecified atom stereocenters. The van der Waals surface area contributed by atoms with E-state index in [4.69, 9.17) is 14.9 Å². The first-order chi connectivity index (χ1) is 11.2. The van der Waals surface area contributed by atoms with Gasteiger partial charge >= 0.3 is 0 Å². The van der Waals surface area contributed by atoms with Crippen LogP contribution in [0.15, 0.2) is 23.5 Å². The Labute approximate surface area is 129 Å². The SMILES string of the molecule is O=c1[nH]cnc2c1cnn2Cc1cn(COC[C@@H](O)CO)nn1. The van der Waals surface area contributed by atoms with Crippen LogP contribution in [0.1, 0.15) is 5.69 Å². The van der Waals surface area contributed by atoms with Crippen LogP contribution in [0.4, 0.5) is 0 Å². The Hall–Kier alpha value is -2.63. The van der Waals surface area contributed by atoms with Gasteiger partial charge in [0.05, 0.1) is 38.5 Å². The van der Waals surface area contributed by atoms with Crippen LogP contribution in [-0.2, 0) is 18.0 Å². The molecule has 0 aliphatic rings. The summed E-state index contributed by atoms with van der Waals surface area (Å²) >= 11 is 0. The van der Waals surface area contributed by atoms with Crippen LogP contribution in [0, 0.1) is 0 Å². The first-order valence-electron chi connectivity index (χ1n) is 6.82. The van der Waals surface area contributed by atoms with Crippen LogP contribution in [0.5, 0.6) is 0 Å². The summed E-state index contributed by atoms with van der Waals surface area (Å²) in [5.74, 6) is 0. The minimum atomic E-state index is -0.919. The Morgan fingerprint density at radius 2 is 2.30 bits per heavy atom. The van der Waals surface area contributed by atoms with Crippen molar-refractivity contribution in [1.29, 1.82) is 0 Å². The third-order valence-corrected chi connectivity index (χ3v) is 3.08. The van der Waals surface area contributed by atoms with E-state index in [2.05, 4.69) is 25.4 Å². The molecule has 0 spiro atoms. The van der Waals surface area contributed by atoms with E-state index in [-0.39, 0.29) is 25.5 Å². The standard InChI is InChI=1S/C12H15N7O4/c20-4-9(21)5-23-7-18-2-8(16-17-18)3-19-11-10(1-15-19)12(22)14-6-13-11/h1-2,6,9,20-21H,3-5,7H2,(H,13,14,22)/t9-/m0/s1. The summed E-state index contributed by atoms with van der Waals surface area (Å²) in [4.78, 5) is 18.2. The third kappa shape index (κ3) is 3.41. The van der Waals surface area contributed by atoms with Crippen LogP contribution in [0.25, 0.3) is 11.0 Å². The molecule has 0 fully saturated rings. The van der Waals surface area contributed by atoms with Gasteiger partial charge in [-0.15, -0.1) is 5.10 Å². The van der Waals surface area contributed by atoms with Crippen molar-refractivity contribution in [2.75, 3.05) is 13.2 Å². The summed E-state index contributed by atoms with van der Waals surface area (Å²) in [6.45, 7) is 0.0460. The predicted molar refractivity (Wildman–Crippen MR) is 76.3 cm³/mol. The molecule has 3 aromatic heterocycles. The number of nitrogens with zero attached hydrogens (tertiary/aromatic N) is 6. The summed E-state index contributed by atoms with van der Waals surface area (Å²) in [6, 6.07) is 0. The Morgan fingerprint density at radius 1 is 1.43 bits per heavy atom. The monoisotopic (exact) mass is 321 g/mol. The number of rotatable bonds is 7. The molecule has 3 rings (SSSR count). The zero-order chi connectivity index (χ0) is 16.2. The lowest BCUT2D eigenvalue weighted by atomic mass is 10.4. The molecule has 23 heavy (non-hydrogen) atoms. The minimum absolute atomic E-state index is 0.00217. The number of hydrogen-bond donors (Lipinski definition) is 3. The van der Waals surface area contributed by atoms with Gasteiger partial charge in [0.1, 0.15) is 23.9 Å². The quantitative estimate of drug-likeness (QED) is 0.457. The molecule has 0 aliphatic carbocycles. The molecule has 3 N–H and O–H groups in total. The van der Waals surface area contributed by atoms with Crippen molar-refractivity contribution >= 4 is 11.0 Å². The number of aliphatic hydroxyl groups is 2. The summed E-state index contributed by atoms with van der Waals surface area (Å²) in [7, 11) is 0. The molecule has 11 nitrogen and oxygen atoms in total. The summed E-state index contributed by atoms with van der Waals surface area (Å²) in [5.41, 5.74) is 0.828. The Kier molecular flexibility index (Phi) is 4.41. The van der Waals surface area contributed by atoms with Crippen molar-refractivity contribution in [2.45, 2.75) is 19.4 Å². The first kappa shape index (κ1) is 15.3. The van der Waals surface area contributed by atoms with Crippen LogP contribution >= 0.6 is 0 Å². The second-order valence-electron chi connectivity index (χ2n) is 4.86. The fourth-order valence-electron chi connectivity index (χ4n) is 1.98. The van der Waals surface area contributed by atoms with Gasteiger partial charge in [-0.1, -0.05) is 5.21 Å². The number of aliphatic hydroxyl groups excluding tert-OH is 2. The number of aromatic amines is 1. The summed E-state index contributed by atoms with van der Waals surface area (Å²) < 4.78 is 8.18. The van der Waals surface area contributed by atoms with Crippen molar-refractivity contribution in [3.63, 3.8) is 0 Å². The topological polar surface area (TPSA) is 144 Å². The molecule has 3 heterocycles. The van der Waals surface area contributed by atoms with E-state index in [1.54, 1.807) is 10.9 Å². The molecule has 0 saturated carbocycles. The predicted octanol–water partition coefficient (Wildman–Crippen LogP) is -1.91. The van der Waals surface area contributed by atoms with Gasteiger partial charge in [-0.05, 0) is 0 Å². The molecule has 11 heteroatoms. The number of hydrogen-bond acceptors (Lipinski definition) is 8. The van der Waals surface area contributed by atoms with Gasteiger partial charge in [-0.3, -0.25) is 4.79 Å². The molecule has 0 radical (unpaired) electrons. The van der Waals surface area contributed by atoms with Gasteiger partial charge in [0, 0.05) is 0 Å². The zero-order valence-corrected chi connectivity index (χ0v) is 12.0. The van der Waals surface area contributed by atoms with Crippen molar-refractivity contribution < 1.29 is 14.9 Å². The highest BCUT2D eigenvalue weighted by Crippen LogP contribution is 2.07. The number of aromatic nitrogens is 7. The highest BCUT2D eigenvalue weighted by Gasteiger charge is 2.10. The number of fused-ring (bicyclic) bond motifs is 1. The van der Waals surface area contributed by atoms with E-state index in [1.165, 1.54) is 17.2 Å². The maximum Gasteiger partial charge on any atom is 0.261 e. The summed E-state index contributed by atoms with van der Waals surface area (Å²) in [6.07, 6.45) is 3.51. The van der Waals surface area contributed by atoms with Crippen molar-refractivity contribution in [2.24, 2.45) is 0 Å². The van der Waals surface area contributed by atoms with Crippen LogP contribution < -0.4 is 5.56 Å². The Balaban J connectivity index is 1.66. The third-order valence-electron chi connectivity index (χ3n) is 3.08. The van der Waals surface area contributed by atoms with Crippen molar-refractivity contribution in [3.05, 3.63) is 34.8 Å². The molecule has 0 saturated heterocycles. The average molecular weight is 321 g/mol. The molecule has 1 atom stereocenters. The van der Waals surface area contributed by atoms with Gasteiger partial charge < -0.3 is 19.9 Å². The molecular formula is C12H15N7O4. The van der Waals surface area contributed by atoms with Gasteiger partial charge in [-0.2, -0.15) is 5.10 Å². The molecule has 0 amide bonds. The molecule has 0 aromatic carbocycles. The minimum Gasteiger partial charge on any atom is -0.394 e. The van der Waals surface area contributed by atoms with Crippen LogP contribution in [0.3, 0.4) is 0 Å². The molecule has 122 valence electrons. The second kappa shape index (κ2) is 6.64. The fourth-order valence-corrected chi connectivity index (χ4v) is 1.98. The smallest absolute Gasteiger partial charge is 0.261 e. The van der Waals surface area contributed by atoms with Crippen LogP contribution in [0.2, 0.25) is 0 Å². The zero-order valence-electron chi connectivity index (χ0n) is 12.0. The van der Waals surface area contributed by atoms with Gasteiger partial charge in [0.25, 0.3) is 5.56 Å². The van der Waals surface area contributed by atoms with Gasteiger partial charge in [0.2, 0.25) is 0 Å². The maximum absolute atomic E-state index is 11.6. The molecular weight excluding hydrogens is 306 g/mol. The van der Waals surface area contributed by atoms with E-state index in [1.807, 2.05) is 0 Å². The lowest BCUT2D eigenvalue weighted by Gasteiger charge is -2.07. The first-order valence-corrected chi connectivity index (χ1v) is 6.82. The van der Waals surface area contributed by atoms with E-state index in [0.29, 0.717) is 23.3 Å². The Morgan fingerprint density at radius 3 is 3.13 bits per heavy atom. The van der Waals surface area contributed by atoms with E-state index in [9.17, 15) is 4.79 Å². The Bertz CT molecular complexity index is 839. The number of nitrogens with one attached hydrogen (secondary N) is 1. The fraction of sp³-hybridized carbons (Fsp3) is 0.417. The van der Waals surface area contributed by atoms with Gasteiger partial charge in [-0.25, -0.2) is 14.3 Å². The maximum atomic E-state index is 11.6. The lowest BCUT2D eigenvalue weighted by molar-refractivity contribution is -0.0209. The van der Waals surface area contributed by atoms with E-state index >= 15 is 0 Å². The highest BCUT2D eigenvalue weighted by atomic mass is 16.5. The molecule has 3 aromatic rings.